The summed E-state index contributed by atoms with van der Waals surface area (Å²) in [6, 6.07) is 11.8. The summed E-state index contributed by atoms with van der Waals surface area (Å²) in [6.45, 7) is 0. The minimum absolute atomic E-state index is 0.356. The monoisotopic (exact) mass is 323 g/mol. The second-order valence-corrected chi connectivity index (χ2v) is 4.81. The molecule has 0 aliphatic heterocycles. The third-order valence-corrected chi connectivity index (χ3v) is 3.27. The molecule has 0 heterocycles. The topological polar surface area (TPSA) is 63.4 Å². The van der Waals surface area contributed by atoms with E-state index in [9.17, 15) is 28.4 Å². The van der Waals surface area contributed by atoms with E-state index in [1.807, 2.05) is 0 Å². The van der Waals surface area contributed by atoms with Gasteiger partial charge in [0.05, 0.1) is 4.92 Å². The van der Waals surface area contributed by atoms with Crippen molar-refractivity contribution in [2.24, 2.45) is 0 Å². The van der Waals surface area contributed by atoms with Crippen molar-refractivity contribution in [3.8, 4) is 0 Å². The Morgan fingerprint density at radius 3 is 2.04 bits per heavy atom. The third-order valence-electron chi connectivity index (χ3n) is 3.27. The molecule has 0 spiro atoms. The molecule has 2 aromatic rings. The maximum atomic E-state index is 13.3. The number of benzene rings is 2. The van der Waals surface area contributed by atoms with Crippen LogP contribution in [0.15, 0.2) is 60.7 Å². The van der Waals surface area contributed by atoms with Gasteiger partial charge in [-0.1, -0.05) is 36.4 Å². The molecule has 2 rings (SSSR count). The SMILES string of the molecule is O=[N+]([O-])c1ccc(C(O)(/C=C/c2ccccc2)C(F)(F)F)cc1. The van der Waals surface area contributed by atoms with Crippen molar-refractivity contribution in [2.45, 2.75) is 11.8 Å². The normalized spacial score (nSPS) is 14.6. The average molecular weight is 323 g/mol. The Morgan fingerprint density at radius 2 is 1.57 bits per heavy atom. The summed E-state index contributed by atoms with van der Waals surface area (Å²) in [5, 5.41) is 20.7. The van der Waals surface area contributed by atoms with Crippen LogP contribution in [0.4, 0.5) is 18.9 Å². The predicted molar refractivity (Wildman–Crippen MR) is 78.5 cm³/mol. The number of nitrogens with zero attached hydrogens (tertiary/aromatic N) is 1. The van der Waals surface area contributed by atoms with Gasteiger partial charge in [0.2, 0.25) is 5.60 Å². The predicted octanol–water partition coefficient (Wildman–Crippen LogP) is 4.06. The third kappa shape index (κ3) is 3.57. The number of halogens is 3. The quantitative estimate of drug-likeness (QED) is 0.682. The second kappa shape index (κ2) is 6.21. The molecule has 0 aromatic heterocycles. The Balaban J connectivity index is 2.43. The zero-order chi connectivity index (χ0) is 17.1. The van der Waals surface area contributed by atoms with Crippen molar-refractivity contribution in [1.82, 2.24) is 0 Å². The number of hydrogen-bond acceptors (Lipinski definition) is 3. The first-order valence-electron chi connectivity index (χ1n) is 6.52. The van der Waals surface area contributed by atoms with E-state index in [0.29, 0.717) is 11.6 Å². The molecule has 0 radical (unpaired) electrons. The molecule has 0 amide bonds. The highest BCUT2D eigenvalue weighted by Crippen LogP contribution is 2.41. The van der Waals surface area contributed by atoms with Gasteiger partial charge >= 0.3 is 6.18 Å². The summed E-state index contributed by atoms with van der Waals surface area (Å²) in [4.78, 5) is 9.85. The van der Waals surface area contributed by atoms with Crippen LogP contribution in [0.3, 0.4) is 0 Å². The number of hydrogen-bond donors (Lipinski definition) is 1. The van der Waals surface area contributed by atoms with E-state index >= 15 is 0 Å². The Labute approximate surface area is 129 Å². The number of nitro benzene ring substituents is 1. The number of rotatable bonds is 4. The van der Waals surface area contributed by atoms with E-state index in [1.54, 1.807) is 30.3 Å². The van der Waals surface area contributed by atoms with Gasteiger partial charge in [0.15, 0.2) is 0 Å². The second-order valence-electron chi connectivity index (χ2n) is 4.81. The molecule has 1 atom stereocenters. The molecule has 0 aliphatic rings. The van der Waals surface area contributed by atoms with Crippen molar-refractivity contribution in [1.29, 1.82) is 0 Å². The molecule has 7 heteroatoms. The van der Waals surface area contributed by atoms with Gasteiger partial charge in [-0.2, -0.15) is 13.2 Å². The van der Waals surface area contributed by atoms with Gasteiger partial charge in [-0.25, -0.2) is 0 Å². The number of aliphatic hydroxyl groups is 1. The van der Waals surface area contributed by atoms with Gasteiger partial charge in [0.25, 0.3) is 5.69 Å². The molecule has 0 aliphatic carbocycles. The van der Waals surface area contributed by atoms with Gasteiger partial charge < -0.3 is 5.11 Å². The number of non-ortho nitro benzene ring substituents is 1. The van der Waals surface area contributed by atoms with Crippen molar-refractivity contribution < 1.29 is 23.2 Å². The summed E-state index contributed by atoms with van der Waals surface area (Å²) in [5.41, 5.74) is -3.61. The minimum atomic E-state index is -4.98. The Kier molecular flexibility index (Phi) is 4.51. The molecule has 0 saturated heterocycles. The highest BCUT2D eigenvalue weighted by molar-refractivity contribution is 5.52. The Morgan fingerprint density at radius 1 is 1.00 bits per heavy atom. The van der Waals surface area contributed by atoms with Crippen molar-refractivity contribution in [3.63, 3.8) is 0 Å². The summed E-state index contributed by atoms with van der Waals surface area (Å²) in [7, 11) is 0. The molecule has 120 valence electrons. The first-order valence-corrected chi connectivity index (χ1v) is 6.52. The van der Waals surface area contributed by atoms with Crippen molar-refractivity contribution >= 4 is 11.8 Å². The summed E-state index contributed by atoms with van der Waals surface area (Å²) in [6.07, 6.45) is -3.20. The van der Waals surface area contributed by atoms with E-state index in [4.69, 9.17) is 0 Å². The fraction of sp³-hybridized carbons (Fsp3) is 0.125. The van der Waals surface area contributed by atoms with Gasteiger partial charge in [-0.05, 0) is 29.3 Å². The van der Waals surface area contributed by atoms with Crippen LogP contribution in [0, 0.1) is 10.1 Å². The summed E-state index contributed by atoms with van der Waals surface area (Å²) >= 11 is 0. The van der Waals surface area contributed by atoms with E-state index in [1.165, 1.54) is 0 Å². The molecular weight excluding hydrogens is 311 g/mol. The standard InChI is InChI=1S/C16H12F3NO3/c17-16(18,19)15(21,11-10-12-4-2-1-3-5-12)13-6-8-14(9-7-13)20(22)23/h1-11,21H/b11-10+. The lowest BCUT2D eigenvalue weighted by Crippen LogP contribution is -2.40. The maximum absolute atomic E-state index is 13.3. The molecule has 1 unspecified atom stereocenters. The lowest BCUT2D eigenvalue weighted by molar-refractivity contribution is -0.384. The Bertz CT molecular complexity index is 712. The van der Waals surface area contributed by atoms with Crippen LogP contribution in [0.1, 0.15) is 11.1 Å². The van der Waals surface area contributed by atoms with Gasteiger partial charge in [-0.3, -0.25) is 10.1 Å². The van der Waals surface area contributed by atoms with Crippen LogP contribution in [-0.2, 0) is 5.60 Å². The molecule has 1 N–H and O–H groups in total. The van der Waals surface area contributed by atoms with Crippen LogP contribution in [-0.4, -0.2) is 16.2 Å². The highest BCUT2D eigenvalue weighted by atomic mass is 19.4. The molecule has 4 nitrogen and oxygen atoms in total. The minimum Gasteiger partial charge on any atom is -0.373 e. The summed E-state index contributed by atoms with van der Waals surface area (Å²) < 4.78 is 40.0. The first-order chi connectivity index (χ1) is 10.7. The van der Waals surface area contributed by atoms with Gasteiger partial charge in [0, 0.05) is 12.1 Å². The molecule has 0 fully saturated rings. The average Bonchev–Trinajstić information content (AvgIpc) is 2.52. The van der Waals surface area contributed by atoms with E-state index in [-0.39, 0.29) is 5.69 Å². The van der Waals surface area contributed by atoms with Crippen molar-refractivity contribution in [3.05, 3.63) is 81.9 Å². The van der Waals surface area contributed by atoms with Gasteiger partial charge in [0.1, 0.15) is 0 Å². The van der Waals surface area contributed by atoms with Crippen LogP contribution < -0.4 is 0 Å². The molecule has 23 heavy (non-hydrogen) atoms. The molecule has 0 bridgehead atoms. The zero-order valence-electron chi connectivity index (χ0n) is 11.7. The van der Waals surface area contributed by atoms with Crippen LogP contribution in [0.25, 0.3) is 6.08 Å². The maximum Gasteiger partial charge on any atom is 0.425 e. The van der Waals surface area contributed by atoms with Crippen LogP contribution in [0.5, 0.6) is 0 Å². The Hall–Kier alpha value is -2.67. The molecule has 0 saturated carbocycles. The lowest BCUT2D eigenvalue weighted by Gasteiger charge is -2.27. The highest BCUT2D eigenvalue weighted by Gasteiger charge is 2.53. The van der Waals surface area contributed by atoms with E-state index < -0.39 is 22.3 Å². The number of nitro groups is 1. The van der Waals surface area contributed by atoms with E-state index in [0.717, 1.165) is 30.3 Å². The molecular formula is C16H12F3NO3. The lowest BCUT2D eigenvalue weighted by atomic mass is 9.91. The summed E-state index contributed by atoms with van der Waals surface area (Å²) in [5.74, 6) is 0. The first kappa shape index (κ1) is 16.7. The smallest absolute Gasteiger partial charge is 0.373 e. The van der Waals surface area contributed by atoms with Crippen LogP contribution >= 0.6 is 0 Å². The fourth-order valence-corrected chi connectivity index (χ4v) is 1.97. The zero-order valence-corrected chi connectivity index (χ0v) is 11.7. The van der Waals surface area contributed by atoms with Crippen molar-refractivity contribution in [2.75, 3.05) is 0 Å². The van der Waals surface area contributed by atoms with E-state index in [2.05, 4.69) is 0 Å². The van der Waals surface area contributed by atoms with Crippen LogP contribution in [0.2, 0.25) is 0 Å². The molecule has 2 aromatic carbocycles. The number of alkyl halides is 3. The van der Waals surface area contributed by atoms with Gasteiger partial charge in [-0.15, -0.1) is 0 Å². The largest absolute Gasteiger partial charge is 0.425 e. The fourth-order valence-electron chi connectivity index (χ4n) is 1.97.